The van der Waals surface area contributed by atoms with E-state index in [4.69, 9.17) is 0 Å². The normalized spacial score (nSPS) is 11.4. The van der Waals surface area contributed by atoms with Crippen LogP contribution in [0.25, 0.3) is 22.7 Å². The van der Waals surface area contributed by atoms with Crippen molar-refractivity contribution in [3.8, 4) is 5.69 Å². The molecule has 0 spiro atoms. The predicted molar refractivity (Wildman–Crippen MR) is 142 cm³/mol. The van der Waals surface area contributed by atoms with Crippen LogP contribution in [0.1, 0.15) is 11.1 Å². The van der Waals surface area contributed by atoms with Crippen LogP contribution in [-0.2, 0) is 4.79 Å². The smallest absolute Gasteiger partial charge is 0.272 e. The number of nitro benzene ring substituents is 1. The van der Waals surface area contributed by atoms with Crippen LogP contribution < -0.4 is 11.0 Å². The molecule has 1 amide bonds. The van der Waals surface area contributed by atoms with E-state index in [0.717, 1.165) is 17.3 Å². The summed E-state index contributed by atoms with van der Waals surface area (Å²) in [5, 5.41) is 15.8. The number of aryl methyl sites for hydroxylation is 1. The number of nitro groups is 1. The Morgan fingerprint density at radius 1 is 1.11 bits per heavy atom. The number of fused-ring (bicyclic) bond motifs is 1. The van der Waals surface area contributed by atoms with Crippen LogP contribution >= 0.6 is 11.8 Å². The highest BCUT2D eigenvalue weighted by molar-refractivity contribution is 7.99. The molecule has 36 heavy (non-hydrogen) atoms. The zero-order chi connectivity index (χ0) is 25.5. The van der Waals surface area contributed by atoms with E-state index in [1.54, 1.807) is 42.5 Å². The van der Waals surface area contributed by atoms with Gasteiger partial charge in [-0.25, -0.2) is 10.4 Å². The van der Waals surface area contributed by atoms with E-state index in [1.807, 2.05) is 31.2 Å². The van der Waals surface area contributed by atoms with Gasteiger partial charge in [0.2, 0.25) is 0 Å². The Balaban J connectivity index is 1.48. The molecule has 4 aromatic rings. The number of allylic oxidation sites excluding steroid dienone is 1. The Labute approximate surface area is 210 Å². The van der Waals surface area contributed by atoms with Gasteiger partial charge in [0.1, 0.15) is 0 Å². The van der Waals surface area contributed by atoms with E-state index in [1.165, 1.54) is 29.0 Å². The van der Waals surface area contributed by atoms with Crippen molar-refractivity contribution in [1.82, 2.24) is 15.0 Å². The zero-order valence-corrected chi connectivity index (χ0v) is 20.0. The minimum absolute atomic E-state index is 0.0230. The molecule has 0 atom stereocenters. The van der Waals surface area contributed by atoms with Crippen LogP contribution in [0.5, 0.6) is 0 Å². The van der Waals surface area contributed by atoms with Gasteiger partial charge in [0.25, 0.3) is 17.2 Å². The highest BCUT2D eigenvalue weighted by atomic mass is 32.2. The van der Waals surface area contributed by atoms with Crippen LogP contribution in [0.15, 0.2) is 93.9 Å². The second-order valence-electron chi connectivity index (χ2n) is 7.62. The van der Waals surface area contributed by atoms with E-state index in [0.29, 0.717) is 27.3 Å². The average Bonchev–Trinajstić information content (AvgIpc) is 2.88. The summed E-state index contributed by atoms with van der Waals surface area (Å²) in [7, 11) is 0. The van der Waals surface area contributed by atoms with Crippen molar-refractivity contribution in [3.63, 3.8) is 0 Å². The molecule has 0 bridgehead atoms. The van der Waals surface area contributed by atoms with Gasteiger partial charge in [-0.3, -0.25) is 24.3 Å². The van der Waals surface area contributed by atoms with E-state index in [-0.39, 0.29) is 17.0 Å². The average molecular weight is 500 g/mol. The number of carbonyl (C=O) groups excluding carboxylic acids is 1. The molecule has 0 fully saturated rings. The molecule has 1 N–H and O–H groups in total. The maximum atomic E-state index is 13.3. The fourth-order valence-corrected chi connectivity index (χ4v) is 4.29. The lowest BCUT2D eigenvalue weighted by Crippen LogP contribution is -2.24. The molecule has 0 radical (unpaired) electrons. The molecule has 180 valence electrons. The van der Waals surface area contributed by atoms with Gasteiger partial charge < -0.3 is 0 Å². The minimum Gasteiger partial charge on any atom is -0.272 e. The summed E-state index contributed by atoms with van der Waals surface area (Å²) in [4.78, 5) is 40.9. The quantitative estimate of drug-likeness (QED) is 0.125. The molecule has 0 aliphatic rings. The number of hydrazone groups is 1. The summed E-state index contributed by atoms with van der Waals surface area (Å²) >= 11 is 1.13. The fourth-order valence-electron chi connectivity index (χ4n) is 3.49. The Morgan fingerprint density at radius 3 is 2.64 bits per heavy atom. The number of para-hydroxylation sites is 3. The van der Waals surface area contributed by atoms with Crippen LogP contribution in [0, 0.1) is 17.0 Å². The Bertz CT molecular complexity index is 1560. The molecule has 10 heteroatoms. The Hall–Kier alpha value is -4.57. The number of rotatable bonds is 8. The number of carbonyl (C=O) groups is 1. The van der Waals surface area contributed by atoms with Gasteiger partial charge in [-0.1, -0.05) is 54.2 Å². The molecular formula is C26H21N5O4S. The molecule has 1 heterocycles. The Morgan fingerprint density at radius 2 is 1.83 bits per heavy atom. The Kier molecular flexibility index (Phi) is 7.66. The number of hydrogen-bond donors (Lipinski definition) is 1. The SMILES string of the molecule is Cc1ccccc1-n1c(SCC(=O)N/N=C\C=C/c2ccccc2[N+](=O)[O-])nc2ccccc2c1=O. The molecule has 0 saturated heterocycles. The van der Waals surface area contributed by atoms with Gasteiger partial charge in [0.15, 0.2) is 5.16 Å². The molecule has 4 rings (SSSR count). The van der Waals surface area contributed by atoms with Gasteiger partial charge in [-0.2, -0.15) is 5.10 Å². The lowest BCUT2D eigenvalue weighted by molar-refractivity contribution is -0.385. The van der Waals surface area contributed by atoms with Crippen molar-refractivity contribution in [3.05, 3.63) is 110 Å². The lowest BCUT2D eigenvalue weighted by Gasteiger charge is -2.14. The minimum atomic E-state index is -0.465. The highest BCUT2D eigenvalue weighted by Crippen LogP contribution is 2.23. The maximum Gasteiger partial charge on any atom is 0.276 e. The molecule has 0 saturated carbocycles. The first kappa shape index (κ1) is 24.6. The number of amides is 1. The number of benzene rings is 3. The maximum absolute atomic E-state index is 13.3. The number of thioether (sulfide) groups is 1. The highest BCUT2D eigenvalue weighted by Gasteiger charge is 2.16. The lowest BCUT2D eigenvalue weighted by atomic mass is 10.2. The molecule has 0 aliphatic carbocycles. The summed E-state index contributed by atoms with van der Waals surface area (Å²) in [6.07, 6.45) is 4.36. The van der Waals surface area contributed by atoms with Crippen LogP contribution in [0.4, 0.5) is 5.69 Å². The van der Waals surface area contributed by atoms with E-state index < -0.39 is 10.8 Å². The molecule has 0 unspecified atom stereocenters. The topological polar surface area (TPSA) is 119 Å². The predicted octanol–water partition coefficient (Wildman–Crippen LogP) is 4.51. The van der Waals surface area contributed by atoms with Gasteiger partial charge in [-0.05, 0) is 48.9 Å². The first-order chi connectivity index (χ1) is 17.5. The largest absolute Gasteiger partial charge is 0.276 e. The number of nitrogens with one attached hydrogen (secondary N) is 1. The van der Waals surface area contributed by atoms with Crippen LogP contribution in [0.3, 0.4) is 0 Å². The van der Waals surface area contributed by atoms with Crippen LogP contribution in [-0.4, -0.2) is 32.3 Å². The van der Waals surface area contributed by atoms with Crippen molar-refractivity contribution in [1.29, 1.82) is 0 Å². The van der Waals surface area contributed by atoms with E-state index in [2.05, 4.69) is 15.5 Å². The van der Waals surface area contributed by atoms with Gasteiger partial charge >= 0.3 is 0 Å². The van der Waals surface area contributed by atoms with Crippen molar-refractivity contribution >= 4 is 46.5 Å². The fraction of sp³-hybridized carbons (Fsp3) is 0.0769. The summed E-state index contributed by atoms with van der Waals surface area (Å²) in [5.41, 5.74) is 4.74. The number of aromatic nitrogens is 2. The standard InChI is InChI=1S/C26H21N5O4S/c1-18-9-2-6-14-22(18)30-25(33)20-12-4-5-13-21(20)28-26(30)36-17-24(32)29-27-16-8-11-19-10-3-7-15-23(19)31(34)35/h2-16H,17H2,1H3,(H,29,32)/b11-8-,27-16-. The van der Waals surface area contributed by atoms with Gasteiger partial charge in [0.05, 0.1) is 32.8 Å². The monoisotopic (exact) mass is 499 g/mol. The van der Waals surface area contributed by atoms with Crippen molar-refractivity contribution in [2.75, 3.05) is 5.75 Å². The van der Waals surface area contributed by atoms with E-state index >= 15 is 0 Å². The summed E-state index contributed by atoms with van der Waals surface area (Å²) < 4.78 is 1.52. The van der Waals surface area contributed by atoms with Crippen molar-refractivity contribution < 1.29 is 9.72 Å². The molecule has 9 nitrogen and oxygen atoms in total. The first-order valence-electron chi connectivity index (χ1n) is 10.9. The second kappa shape index (κ2) is 11.2. The third kappa shape index (κ3) is 5.56. The van der Waals surface area contributed by atoms with Crippen molar-refractivity contribution in [2.24, 2.45) is 5.10 Å². The molecule has 3 aromatic carbocycles. The van der Waals surface area contributed by atoms with Crippen LogP contribution in [0.2, 0.25) is 0 Å². The zero-order valence-electron chi connectivity index (χ0n) is 19.2. The third-order valence-electron chi connectivity index (χ3n) is 5.19. The number of hydrogen-bond acceptors (Lipinski definition) is 7. The van der Waals surface area contributed by atoms with Crippen molar-refractivity contribution in [2.45, 2.75) is 12.1 Å². The molecular weight excluding hydrogens is 478 g/mol. The molecule has 1 aromatic heterocycles. The first-order valence-corrected chi connectivity index (χ1v) is 11.9. The second-order valence-corrected chi connectivity index (χ2v) is 8.56. The third-order valence-corrected chi connectivity index (χ3v) is 6.13. The van der Waals surface area contributed by atoms with E-state index in [9.17, 15) is 19.7 Å². The summed E-state index contributed by atoms with van der Waals surface area (Å²) in [6.45, 7) is 1.91. The summed E-state index contributed by atoms with van der Waals surface area (Å²) in [6, 6.07) is 20.9. The van der Waals surface area contributed by atoms with Gasteiger partial charge in [-0.15, -0.1) is 0 Å². The summed E-state index contributed by atoms with van der Waals surface area (Å²) in [5.74, 6) is -0.420. The van der Waals surface area contributed by atoms with Gasteiger partial charge in [0, 0.05) is 12.3 Å². The molecule has 0 aliphatic heterocycles. The number of nitrogens with zero attached hydrogens (tertiary/aromatic N) is 4.